The highest BCUT2D eigenvalue weighted by Gasteiger charge is 2.21. The Kier molecular flexibility index (Phi) is 3.46. The van der Waals surface area contributed by atoms with Gasteiger partial charge in [-0.15, -0.1) is 0 Å². The Hall–Kier alpha value is -2.83. The third-order valence-corrected chi connectivity index (χ3v) is 2.55. The molecule has 2 amide bonds. The van der Waals surface area contributed by atoms with E-state index in [1.54, 1.807) is 30.3 Å². The summed E-state index contributed by atoms with van der Waals surface area (Å²) in [7, 11) is 0. The second kappa shape index (κ2) is 5.21. The van der Waals surface area contributed by atoms with Crippen molar-refractivity contribution in [3.63, 3.8) is 0 Å². The Morgan fingerprint density at radius 1 is 1.26 bits per heavy atom. The van der Waals surface area contributed by atoms with Gasteiger partial charge in [0.25, 0.3) is 0 Å². The van der Waals surface area contributed by atoms with Crippen LogP contribution < -0.4 is 16.7 Å². The maximum atomic E-state index is 11.8. The Morgan fingerprint density at radius 3 is 2.47 bits per heavy atom. The van der Waals surface area contributed by atoms with E-state index in [0.29, 0.717) is 5.56 Å². The second-order valence-electron chi connectivity index (χ2n) is 3.83. The summed E-state index contributed by atoms with van der Waals surface area (Å²) in [5.41, 5.74) is 5.22. The van der Waals surface area contributed by atoms with E-state index in [-0.39, 0.29) is 0 Å². The molecule has 1 atom stereocenters. The largest absolute Gasteiger partial charge is 0.368 e. The van der Waals surface area contributed by atoms with E-state index in [4.69, 9.17) is 5.73 Å². The normalized spacial score (nSPS) is 11.8. The molecule has 2 aromatic rings. The first-order valence-corrected chi connectivity index (χ1v) is 5.51. The molecule has 1 heterocycles. The predicted molar refractivity (Wildman–Crippen MR) is 67.4 cm³/mol. The van der Waals surface area contributed by atoms with E-state index >= 15 is 0 Å². The number of nitrogens with zero attached hydrogens (tertiary/aromatic N) is 1. The van der Waals surface area contributed by atoms with Crippen molar-refractivity contribution in [1.82, 2.24) is 14.9 Å². The summed E-state index contributed by atoms with van der Waals surface area (Å²) in [6.45, 7) is 0. The van der Waals surface area contributed by atoms with Gasteiger partial charge >= 0.3 is 11.7 Å². The molecule has 7 nitrogen and oxygen atoms in total. The Balaban J connectivity index is 2.24. The molecule has 2 rings (SSSR count). The van der Waals surface area contributed by atoms with Crippen LogP contribution >= 0.6 is 0 Å². The quantitative estimate of drug-likeness (QED) is 0.720. The number of carbonyl (C=O) groups is 2. The van der Waals surface area contributed by atoms with Gasteiger partial charge < -0.3 is 16.0 Å². The van der Waals surface area contributed by atoms with Crippen LogP contribution in [-0.4, -0.2) is 21.5 Å². The van der Waals surface area contributed by atoms with Crippen molar-refractivity contribution in [2.24, 2.45) is 5.73 Å². The molecule has 0 radical (unpaired) electrons. The first-order chi connectivity index (χ1) is 9.09. The zero-order chi connectivity index (χ0) is 13.8. The highest BCUT2D eigenvalue weighted by atomic mass is 16.2. The third kappa shape index (κ3) is 2.71. The lowest BCUT2D eigenvalue weighted by molar-refractivity contribution is -0.119. The van der Waals surface area contributed by atoms with Gasteiger partial charge in [0.1, 0.15) is 6.04 Å². The number of amides is 2. The number of aromatic nitrogens is 2. The maximum absolute atomic E-state index is 11.8. The molecule has 0 fully saturated rings. The van der Waals surface area contributed by atoms with Crippen LogP contribution in [0.3, 0.4) is 0 Å². The first-order valence-electron chi connectivity index (χ1n) is 5.51. The number of aromatic amines is 1. The van der Waals surface area contributed by atoms with Crippen LogP contribution in [0.5, 0.6) is 0 Å². The predicted octanol–water partition coefficient (Wildman–Crippen LogP) is -0.0393. The van der Waals surface area contributed by atoms with Crippen LogP contribution in [0.25, 0.3) is 0 Å². The van der Waals surface area contributed by atoms with Gasteiger partial charge in [0, 0.05) is 12.4 Å². The molecule has 7 heteroatoms. The van der Waals surface area contributed by atoms with Crippen LogP contribution in [0.2, 0.25) is 0 Å². The summed E-state index contributed by atoms with van der Waals surface area (Å²) in [6.07, 6.45) is 2.59. The van der Waals surface area contributed by atoms with E-state index in [2.05, 4.69) is 10.3 Å². The van der Waals surface area contributed by atoms with Crippen molar-refractivity contribution in [3.05, 3.63) is 58.8 Å². The minimum atomic E-state index is -0.990. The van der Waals surface area contributed by atoms with Crippen molar-refractivity contribution in [2.45, 2.75) is 6.04 Å². The lowest BCUT2D eigenvalue weighted by Gasteiger charge is -2.15. The summed E-state index contributed by atoms with van der Waals surface area (Å²) in [5, 5.41) is 2.41. The Morgan fingerprint density at radius 2 is 1.95 bits per heavy atom. The topological polar surface area (TPSA) is 110 Å². The fraction of sp³-hybridized carbons (Fsp3) is 0.0833. The molecule has 1 aromatic carbocycles. The molecular formula is C12H12N4O3. The smallest absolute Gasteiger partial charge is 0.333 e. The summed E-state index contributed by atoms with van der Waals surface area (Å²) in [6, 6.07) is 6.83. The Bertz CT molecular complexity index is 644. The standard InChI is InChI=1S/C12H12N4O3/c13-10(17)9(8-4-2-1-3-5-8)15-12(19)16-7-6-14-11(16)18/h1-7,9H,(H2,13,17)(H,14,18)(H,15,19)/t9-/m1/s1. The summed E-state index contributed by atoms with van der Waals surface area (Å²) in [4.78, 5) is 36.8. The number of nitrogens with two attached hydrogens (primary N) is 1. The van der Waals surface area contributed by atoms with Crippen LogP contribution in [0.15, 0.2) is 47.5 Å². The lowest BCUT2D eigenvalue weighted by atomic mass is 10.1. The molecule has 1 aromatic heterocycles. The van der Waals surface area contributed by atoms with E-state index < -0.39 is 23.7 Å². The molecule has 19 heavy (non-hydrogen) atoms. The molecule has 0 saturated carbocycles. The van der Waals surface area contributed by atoms with Crippen molar-refractivity contribution in [3.8, 4) is 0 Å². The van der Waals surface area contributed by atoms with Gasteiger partial charge in [-0.3, -0.25) is 4.79 Å². The number of hydrogen-bond acceptors (Lipinski definition) is 3. The summed E-state index contributed by atoms with van der Waals surface area (Å²) >= 11 is 0. The van der Waals surface area contributed by atoms with Crippen LogP contribution in [0.4, 0.5) is 4.79 Å². The number of primary amides is 1. The van der Waals surface area contributed by atoms with Crippen molar-refractivity contribution in [2.75, 3.05) is 0 Å². The van der Waals surface area contributed by atoms with Crippen LogP contribution in [0.1, 0.15) is 11.6 Å². The van der Waals surface area contributed by atoms with Gasteiger partial charge in [-0.1, -0.05) is 30.3 Å². The molecule has 0 spiro atoms. The van der Waals surface area contributed by atoms with Gasteiger partial charge in [0.2, 0.25) is 5.91 Å². The molecule has 0 aliphatic rings. The summed E-state index contributed by atoms with van der Waals surface area (Å²) < 4.78 is 0.818. The van der Waals surface area contributed by atoms with E-state index in [0.717, 1.165) is 4.57 Å². The number of benzene rings is 1. The molecule has 4 N–H and O–H groups in total. The van der Waals surface area contributed by atoms with E-state index in [9.17, 15) is 14.4 Å². The minimum absolute atomic E-state index is 0.548. The van der Waals surface area contributed by atoms with E-state index in [1.165, 1.54) is 12.4 Å². The minimum Gasteiger partial charge on any atom is -0.368 e. The highest BCUT2D eigenvalue weighted by Crippen LogP contribution is 2.11. The van der Waals surface area contributed by atoms with Gasteiger partial charge in [-0.05, 0) is 5.56 Å². The molecule has 0 bridgehead atoms. The zero-order valence-electron chi connectivity index (χ0n) is 9.87. The average Bonchev–Trinajstić information content (AvgIpc) is 2.82. The molecule has 0 saturated heterocycles. The Labute approximate surface area is 108 Å². The second-order valence-corrected chi connectivity index (χ2v) is 3.83. The monoisotopic (exact) mass is 260 g/mol. The van der Waals surface area contributed by atoms with Gasteiger partial charge in [0.05, 0.1) is 0 Å². The summed E-state index contributed by atoms with van der Waals surface area (Å²) in [5.74, 6) is -0.705. The fourth-order valence-corrected chi connectivity index (χ4v) is 1.64. The van der Waals surface area contributed by atoms with E-state index in [1.807, 2.05) is 0 Å². The lowest BCUT2D eigenvalue weighted by Crippen LogP contribution is -2.42. The van der Waals surface area contributed by atoms with Crippen LogP contribution in [-0.2, 0) is 4.79 Å². The molecular weight excluding hydrogens is 248 g/mol. The molecule has 0 aliphatic heterocycles. The number of H-pyrrole nitrogens is 1. The van der Waals surface area contributed by atoms with Crippen LogP contribution in [0, 0.1) is 0 Å². The van der Waals surface area contributed by atoms with Gasteiger partial charge in [-0.25, -0.2) is 14.2 Å². The number of nitrogens with one attached hydrogen (secondary N) is 2. The van der Waals surface area contributed by atoms with Gasteiger partial charge in [-0.2, -0.15) is 0 Å². The fourth-order valence-electron chi connectivity index (χ4n) is 1.64. The molecule has 0 aliphatic carbocycles. The molecule has 0 unspecified atom stereocenters. The van der Waals surface area contributed by atoms with Crippen molar-refractivity contribution < 1.29 is 9.59 Å². The van der Waals surface area contributed by atoms with Crippen molar-refractivity contribution >= 4 is 11.9 Å². The maximum Gasteiger partial charge on any atom is 0.333 e. The van der Waals surface area contributed by atoms with Gasteiger partial charge in [0.15, 0.2) is 0 Å². The SMILES string of the molecule is NC(=O)[C@H](NC(=O)n1cc[nH]c1=O)c1ccccc1. The number of rotatable bonds is 3. The zero-order valence-corrected chi connectivity index (χ0v) is 9.87. The number of carbonyl (C=O) groups excluding carboxylic acids is 2. The molecule has 98 valence electrons. The number of imidazole rings is 1. The average molecular weight is 260 g/mol. The number of hydrogen-bond donors (Lipinski definition) is 3. The highest BCUT2D eigenvalue weighted by molar-refractivity contribution is 5.87. The first kappa shape index (κ1) is 12.6. The van der Waals surface area contributed by atoms with Crippen molar-refractivity contribution in [1.29, 1.82) is 0 Å². The third-order valence-electron chi connectivity index (χ3n) is 2.55.